The van der Waals surface area contributed by atoms with Crippen molar-refractivity contribution in [3.05, 3.63) is 35.4 Å². The normalized spacial score (nSPS) is 11.8. The summed E-state index contributed by atoms with van der Waals surface area (Å²) in [5.41, 5.74) is -1.36. The zero-order chi connectivity index (χ0) is 11.6. The number of rotatable bonds is 3. The first kappa shape index (κ1) is 11.6. The van der Waals surface area contributed by atoms with Crippen LogP contribution < -0.4 is 0 Å². The van der Waals surface area contributed by atoms with Crippen molar-refractivity contribution in [2.24, 2.45) is 0 Å². The predicted octanol–water partition coefficient (Wildman–Crippen LogP) is 2.99. The van der Waals surface area contributed by atoms with E-state index in [-0.39, 0.29) is 11.1 Å². The fraction of sp³-hybridized carbons (Fsp3) is 0.364. The first-order valence-electron chi connectivity index (χ1n) is 4.48. The zero-order valence-electron chi connectivity index (χ0n) is 8.50. The van der Waals surface area contributed by atoms with Crippen LogP contribution in [0.4, 0.5) is 8.78 Å². The van der Waals surface area contributed by atoms with Crippen LogP contribution in [0, 0.1) is 0 Å². The van der Waals surface area contributed by atoms with Crippen molar-refractivity contribution in [1.82, 2.24) is 0 Å². The fourth-order valence-electron chi connectivity index (χ4n) is 1.37. The molecule has 1 aromatic rings. The second kappa shape index (κ2) is 3.96. The van der Waals surface area contributed by atoms with Gasteiger partial charge in [-0.2, -0.15) is 0 Å². The molecule has 0 aliphatic carbocycles. The van der Waals surface area contributed by atoms with E-state index in [9.17, 15) is 13.6 Å². The molecule has 4 heteroatoms. The fourth-order valence-corrected chi connectivity index (χ4v) is 1.37. The molecule has 82 valence electrons. The number of hydrogen-bond acceptors (Lipinski definition) is 1. The summed E-state index contributed by atoms with van der Waals surface area (Å²) in [5.74, 6) is -1.12. The average Bonchev–Trinajstić information content (AvgIpc) is 2.17. The quantitative estimate of drug-likeness (QED) is 0.839. The molecule has 0 aliphatic heterocycles. The second-order valence-electron chi connectivity index (χ2n) is 3.82. The minimum absolute atomic E-state index is 0.160. The Labute approximate surface area is 86.5 Å². The summed E-state index contributed by atoms with van der Waals surface area (Å²) in [6, 6.07) is 5.72. The Kier molecular flexibility index (Phi) is 3.07. The van der Waals surface area contributed by atoms with Crippen molar-refractivity contribution in [3.8, 4) is 0 Å². The van der Waals surface area contributed by atoms with Crippen molar-refractivity contribution in [1.29, 1.82) is 0 Å². The van der Waals surface area contributed by atoms with Gasteiger partial charge < -0.3 is 5.11 Å². The van der Waals surface area contributed by atoms with Gasteiger partial charge in [-0.1, -0.05) is 24.3 Å². The lowest BCUT2D eigenvalue weighted by Gasteiger charge is -2.22. The monoisotopic (exact) mass is 214 g/mol. The van der Waals surface area contributed by atoms with E-state index in [1.807, 2.05) is 0 Å². The molecule has 0 bridgehead atoms. The molecule has 0 amide bonds. The molecule has 0 saturated carbocycles. The number of benzene rings is 1. The molecule has 0 heterocycles. The maximum Gasteiger partial charge on any atom is 0.313 e. The van der Waals surface area contributed by atoms with Gasteiger partial charge in [0.2, 0.25) is 0 Å². The van der Waals surface area contributed by atoms with Crippen molar-refractivity contribution < 1.29 is 18.7 Å². The van der Waals surface area contributed by atoms with E-state index in [2.05, 4.69) is 0 Å². The summed E-state index contributed by atoms with van der Waals surface area (Å²) < 4.78 is 25.3. The maximum atomic E-state index is 12.6. The standard InChI is InChI=1S/C11H12F2O2/c1-11(2,10(14)15)8-6-4-3-5-7(8)9(12)13/h3-6,9H,1-2H3,(H,14,15). The van der Waals surface area contributed by atoms with Gasteiger partial charge in [0.1, 0.15) is 0 Å². The first-order valence-corrected chi connectivity index (χ1v) is 4.48. The summed E-state index contributed by atoms with van der Waals surface area (Å²) in [6.07, 6.45) is -2.65. The number of alkyl halides is 2. The minimum atomic E-state index is -2.65. The van der Waals surface area contributed by atoms with Crippen molar-refractivity contribution in [3.63, 3.8) is 0 Å². The molecule has 15 heavy (non-hydrogen) atoms. The molecule has 0 aliphatic rings. The molecule has 0 aromatic heterocycles. The predicted molar refractivity (Wildman–Crippen MR) is 52.1 cm³/mol. The van der Waals surface area contributed by atoms with E-state index in [4.69, 9.17) is 5.11 Å². The lowest BCUT2D eigenvalue weighted by Crippen LogP contribution is -2.29. The first-order chi connectivity index (χ1) is 6.87. The largest absolute Gasteiger partial charge is 0.481 e. The molecule has 0 unspecified atom stereocenters. The van der Waals surface area contributed by atoms with Crippen LogP contribution >= 0.6 is 0 Å². The number of carbonyl (C=O) groups is 1. The Hall–Kier alpha value is -1.45. The number of halogens is 2. The number of carboxylic acid groups (broad SMARTS) is 1. The van der Waals surface area contributed by atoms with Crippen LogP contribution in [-0.4, -0.2) is 11.1 Å². The average molecular weight is 214 g/mol. The lowest BCUT2D eigenvalue weighted by atomic mass is 9.82. The Morgan fingerprint density at radius 3 is 2.33 bits per heavy atom. The third kappa shape index (κ3) is 2.14. The van der Waals surface area contributed by atoms with Gasteiger partial charge in [0.15, 0.2) is 0 Å². The van der Waals surface area contributed by atoms with Gasteiger partial charge in [-0.05, 0) is 19.4 Å². The molecule has 0 radical (unpaired) electrons. The van der Waals surface area contributed by atoms with Crippen LogP contribution in [-0.2, 0) is 10.2 Å². The van der Waals surface area contributed by atoms with E-state index in [0.717, 1.165) is 0 Å². The molecule has 1 rings (SSSR count). The number of aliphatic carboxylic acids is 1. The molecule has 0 fully saturated rings. The molecule has 0 atom stereocenters. The molecular formula is C11H12F2O2. The summed E-state index contributed by atoms with van der Waals surface area (Å²) in [7, 11) is 0. The van der Waals surface area contributed by atoms with Crippen LogP contribution in [0.15, 0.2) is 24.3 Å². The van der Waals surface area contributed by atoms with Crippen LogP contribution in [0.5, 0.6) is 0 Å². The van der Waals surface area contributed by atoms with Gasteiger partial charge in [0.05, 0.1) is 5.41 Å². The minimum Gasteiger partial charge on any atom is -0.481 e. The topological polar surface area (TPSA) is 37.3 Å². The van der Waals surface area contributed by atoms with Gasteiger partial charge in [0.25, 0.3) is 6.43 Å². The number of carboxylic acids is 1. The second-order valence-corrected chi connectivity index (χ2v) is 3.82. The third-order valence-corrected chi connectivity index (χ3v) is 2.40. The van der Waals surface area contributed by atoms with E-state index < -0.39 is 17.8 Å². The highest BCUT2D eigenvalue weighted by molar-refractivity contribution is 5.80. The van der Waals surface area contributed by atoms with Crippen LogP contribution in [0.3, 0.4) is 0 Å². The zero-order valence-corrected chi connectivity index (χ0v) is 8.50. The smallest absolute Gasteiger partial charge is 0.313 e. The highest BCUT2D eigenvalue weighted by Gasteiger charge is 2.33. The Morgan fingerprint density at radius 1 is 1.33 bits per heavy atom. The van der Waals surface area contributed by atoms with Crippen LogP contribution in [0.25, 0.3) is 0 Å². The van der Waals surface area contributed by atoms with Gasteiger partial charge in [-0.15, -0.1) is 0 Å². The SMILES string of the molecule is CC(C)(C(=O)O)c1ccccc1C(F)F. The Morgan fingerprint density at radius 2 is 1.87 bits per heavy atom. The molecule has 1 N–H and O–H groups in total. The van der Waals surface area contributed by atoms with Gasteiger partial charge >= 0.3 is 5.97 Å². The van der Waals surface area contributed by atoms with Gasteiger partial charge in [-0.25, -0.2) is 8.78 Å². The van der Waals surface area contributed by atoms with Crippen molar-refractivity contribution >= 4 is 5.97 Å². The number of hydrogen-bond donors (Lipinski definition) is 1. The summed E-state index contributed by atoms with van der Waals surface area (Å²) in [6.45, 7) is 2.83. The third-order valence-electron chi connectivity index (χ3n) is 2.40. The van der Waals surface area contributed by atoms with Crippen LogP contribution in [0.2, 0.25) is 0 Å². The van der Waals surface area contributed by atoms with E-state index >= 15 is 0 Å². The molecule has 2 nitrogen and oxygen atoms in total. The van der Waals surface area contributed by atoms with E-state index in [1.54, 1.807) is 6.07 Å². The highest BCUT2D eigenvalue weighted by Crippen LogP contribution is 2.32. The van der Waals surface area contributed by atoms with Gasteiger partial charge in [-0.3, -0.25) is 4.79 Å². The lowest BCUT2D eigenvalue weighted by molar-refractivity contribution is -0.142. The molecule has 1 aromatic carbocycles. The summed E-state index contributed by atoms with van der Waals surface area (Å²) in [4.78, 5) is 11.0. The molecule has 0 spiro atoms. The summed E-state index contributed by atoms with van der Waals surface area (Å²) >= 11 is 0. The van der Waals surface area contributed by atoms with E-state index in [1.165, 1.54) is 32.0 Å². The van der Waals surface area contributed by atoms with E-state index in [0.29, 0.717) is 0 Å². The molecule has 0 saturated heterocycles. The van der Waals surface area contributed by atoms with Gasteiger partial charge in [0, 0.05) is 5.56 Å². The Balaban J connectivity index is 3.30. The van der Waals surface area contributed by atoms with Crippen molar-refractivity contribution in [2.45, 2.75) is 25.7 Å². The summed E-state index contributed by atoms with van der Waals surface area (Å²) in [5, 5.41) is 8.96. The molecular weight excluding hydrogens is 202 g/mol. The maximum absolute atomic E-state index is 12.6. The Bertz CT molecular complexity index is 373. The van der Waals surface area contributed by atoms with Crippen molar-refractivity contribution in [2.75, 3.05) is 0 Å². The highest BCUT2D eigenvalue weighted by atomic mass is 19.3. The van der Waals surface area contributed by atoms with Crippen LogP contribution in [0.1, 0.15) is 31.4 Å².